The lowest BCUT2D eigenvalue weighted by molar-refractivity contribution is -0.385. The number of nitro benzene ring substituents is 2. The molecule has 1 saturated heterocycles. The fourth-order valence-corrected chi connectivity index (χ4v) is 4.01. The Bertz CT molecular complexity index is 1480. The number of hydrogen-bond donors (Lipinski definition) is 1. The lowest BCUT2D eigenvalue weighted by Gasteiger charge is -2.25. The Kier molecular flexibility index (Phi) is 6.21. The first-order chi connectivity index (χ1) is 17.4. The van der Waals surface area contributed by atoms with Gasteiger partial charge in [0.15, 0.2) is 0 Å². The van der Waals surface area contributed by atoms with Crippen LogP contribution in [-0.4, -0.2) is 26.6 Å². The summed E-state index contributed by atoms with van der Waals surface area (Å²) >= 11 is 0. The van der Waals surface area contributed by atoms with E-state index in [0.29, 0.717) is 11.0 Å². The Morgan fingerprint density at radius 3 is 2.14 bits per heavy atom. The van der Waals surface area contributed by atoms with E-state index in [2.05, 4.69) is 0 Å². The maximum Gasteiger partial charge on any atom is 0.416 e. The van der Waals surface area contributed by atoms with Crippen LogP contribution in [-0.2, 0) is 15.8 Å². The first kappa shape index (κ1) is 25.0. The maximum atomic E-state index is 13.4. The molecule has 0 bridgehead atoms. The van der Waals surface area contributed by atoms with E-state index < -0.39 is 56.3 Å². The van der Waals surface area contributed by atoms with Crippen molar-refractivity contribution >= 4 is 34.5 Å². The number of carbonyl (C=O) groups is 2. The van der Waals surface area contributed by atoms with Gasteiger partial charge >= 0.3 is 6.18 Å². The summed E-state index contributed by atoms with van der Waals surface area (Å²) in [5, 5.41) is 33.7. The minimum Gasteiger partial charge on any atom is -0.507 e. The molecular weight excluding hydrogens is 499 g/mol. The summed E-state index contributed by atoms with van der Waals surface area (Å²) in [6, 6.07) is 11.0. The zero-order chi connectivity index (χ0) is 27.1. The quantitative estimate of drug-likeness (QED) is 0.163. The number of aliphatic hydroxyl groups excluding tert-OH is 1. The molecule has 10 nitrogen and oxygen atoms in total. The molecule has 1 aliphatic heterocycles. The number of anilines is 1. The van der Waals surface area contributed by atoms with Crippen molar-refractivity contribution < 1.29 is 37.7 Å². The van der Waals surface area contributed by atoms with Crippen LogP contribution in [0.4, 0.5) is 30.2 Å². The van der Waals surface area contributed by atoms with E-state index in [4.69, 9.17) is 0 Å². The van der Waals surface area contributed by atoms with Gasteiger partial charge in [0.05, 0.1) is 26.5 Å². The first-order valence-corrected chi connectivity index (χ1v) is 10.4. The van der Waals surface area contributed by atoms with Gasteiger partial charge in [0.2, 0.25) is 0 Å². The molecule has 0 saturated carbocycles. The Hall–Kier alpha value is -5.07. The molecule has 37 heavy (non-hydrogen) atoms. The number of amides is 1. The van der Waals surface area contributed by atoms with Gasteiger partial charge in [-0.1, -0.05) is 18.2 Å². The molecule has 13 heteroatoms. The molecule has 0 aliphatic carbocycles. The van der Waals surface area contributed by atoms with E-state index in [0.717, 1.165) is 48.5 Å². The highest BCUT2D eigenvalue weighted by Crippen LogP contribution is 2.45. The number of alkyl halides is 3. The Balaban J connectivity index is 1.99. The summed E-state index contributed by atoms with van der Waals surface area (Å²) < 4.78 is 40.1. The number of benzene rings is 3. The number of halogens is 3. The van der Waals surface area contributed by atoms with Crippen LogP contribution in [0.5, 0.6) is 0 Å². The van der Waals surface area contributed by atoms with Gasteiger partial charge in [-0.3, -0.25) is 34.7 Å². The summed E-state index contributed by atoms with van der Waals surface area (Å²) in [4.78, 5) is 48.1. The molecule has 1 aliphatic rings. The zero-order valence-electron chi connectivity index (χ0n) is 18.4. The third kappa shape index (κ3) is 4.49. The van der Waals surface area contributed by atoms with E-state index in [1.807, 2.05) is 0 Å². The van der Waals surface area contributed by atoms with E-state index in [1.165, 1.54) is 18.2 Å². The number of carbonyl (C=O) groups excluding carboxylic acids is 2. The molecule has 0 radical (unpaired) electrons. The Morgan fingerprint density at radius 1 is 0.892 bits per heavy atom. The molecule has 0 unspecified atom stereocenters. The van der Waals surface area contributed by atoms with Crippen LogP contribution in [0.15, 0.2) is 78.4 Å². The SMILES string of the molecule is O=C1C(=O)N(c2cccc(C(F)(F)F)c2)[C@H](c2ccccc2[N+](=O)[O-])C1=C(O)c1ccc([N+](=O)[O-])cc1. The summed E-state index contributed by atoms with van der Waals surface area (Å²) in [5.74, 6) is -3.45. The molecule has 1 N–H and O–H groups in total. The molecule has 1 heterocycles. The molecule has 3 aromatic carbocycles. The van der Waals surface area contributed by atoms with Gasteiger partial charge in [-0.2, -0.15) is 13.2 Å². The van der Waals surface area contributed by atoms with Gasteiger partial charge in [-0.25, -0.2) is 0 Å². The minimum absolute atomic E-state index is 0.128. The second-order valence-corrected chi connectivity index (χ2v) is 7.84. The fraction of sp³-hybridized carbons (Fsp3) is 0.0833. The predicted molar refractivity (Wildman–Crippen MR) is 122 cm³/mol. The van der Waals surface area contributed by atoms with Gasteiger partial charge in [0.1, 0.15) is 11.8 Å². The second kappa shape index (κ2) is 9.18. The van der Waals surface area contributed by atoms with Crippen LogP contribution < -0.4 is 4.90 Å². The van der Waals surface area contributed by atoms with E-state index in [-0.39, 0.29) is 22.5 Å². The number of non-ortho nitro benzene ring substituents is 1. The highest BCUT2D eigenvalue weighted by atomic mass is 19.4. The van der Waals surface area contributed by atoms with Crippen LogP contribution in [0, 0.1) is 20.2 Å². The minimum atomic E-state index is -4.80. The number of para-hydroxylation sites is 1. The van der Waals surface area contributed by atoms with Gasteiger partial charge in [-0.05, 0) is 36.4 Å². The van der Waals surface area contributed by atoms with Crippen molar-refractivity contribution in [1.82, 2.24) is 0 Å². The van der Waals surface area contributed by atoms with Crippen molar-refractivity contribution in [2.75, 3.05) is 4.90 Å². The van der Waals surface area contributed by atoms with E-state index in [1.54, 1.807) is 0 Å². The summed E-state index contributed by atoms with van der Waals surface area (Å²) in [6.07, 6.45) is -4.80. The number of rotatable bonds is 5. The van der Waals surface area contributed by atoms with Crippen LogP contribution in [0.25, 0.3) is 5.76 Å². The number of Topliss-reactive ketones (excluding diaryl/α,β-unsaturated/α-hetero) is 1. The molecule has 4 rings (SSSR count). The number of nitro groups is 2. The standard InChI is InChI=1S/C24H14F3N3O7/c25-24(26,27)14-4-3-5-16(12-14)28-20(17-6-1-2-7-18(17)30(36)37)19(22(32)23(28)33)21(31)13-8-10-15(11-9-13)29(34)35/h1-12,20,31H/t20-/m1/s1. The van der Waals surface area contributed by atoms with Crippen molar-refractivity contribution in [2.45, 2.75) is 12.2 Å². The van der Waals surface area contributed by atoms with E-state index in [9.17, 15) is 48.1 Å². The number of nitrogens with zero attached hydrogens (tertiary/aromatic N) is 3. The van der Waals surface area contributed by atoms with Gasteiger partial charge < -0.3 is 5.11 Å². The monoisotopic (exact) mass is 513 g/mol. The van der Waals surface area contributed by atoms with Crippen LogP contribution in [0.3, 0.4) is 0 Å². The zero-order valence-corrected chi connectivity index (χ0v) is 18.4. The van der Waals surface area contributed by atoms with Crippen molar-refractivity contribution in [2.24, 2.45) is 0 Å². The molecule has 188 valence electrons. The molecule has 1 fully saturated rings. The Labute approximate surface area is 205 Å². The Morgan fingerprint density at radius 2 is 1.54 bits per heavy atom. The summed E-state index contributed by atoms with van der Waals surface area (Å²) in [5.41, 5.74) is -3.42. The molecular formula is C24H14F3N3O7. The topological polar surface area (TPSA) is 144 Å². The average molecular weight is 513 g/mol. The molecule has 1 atom stereocenters. The highest BCUT2D eigenvalue weighted by molar-refractivity contribution is 6.51. The van der Waals surface area contributed by atoms with Crippen molar-refractivity contribution in [1.29, 1.82) is 0 Å². The summed E-state index contributed by atoms with van der Waals surface area (Å²) in [7, 11) is 0. The lowest BCUT2D eigenvalue weighted by atomic mass is 9.94. The lowest BCUT2D eigenvalue weighted by Crippen LogP contribution is -2.30. The molecule has 0 spiro atoms. The number of aliphatic hydroxyl groups is 1. The number of ketones is 1. The average Bonchev–Trinajstić information content (AvgIpc) is 3.13. The van der Waals surface area contributed by atoms with Crippen molar-refractivity contribution in [3.63, 3.8) is 0 Å². The first-order valence-electron chi connectivity index (χ1n) is 10.4. The molecule has 0 aromatic heterocycles. The van der Waals surface area contributed by atoms with Crippen LogP contribution >= 0.6 is 0 Å². The van der Waals surface area contributed by atoms with E-state index >= 15 is 0 Å². The summed E-state index contributed by atoms with van der Waals surface area (Å²) in [6.45, 7) is 0. The third-order valence-corrected chi connectivity index (χ3v) is 5.68. The van der Waals surface area contributed by atoms with Crippen LogP contribution in [0.1, 0.15) is 22.7 Å². The second-order valence-electron chi connectivity index (χ2n) is 7.84. The fourth-order valence-electron chi connectivity index (χ4n) is 4.01. The normalized spacial score (nSPS) is 17.2. The predicted octanol–water partition coefficient (Wildman–Crippen LogP) is 5.15. The van der Waals surface area contributed by atoms with Crippen molar-refractivity contribution in [3.05, 3.63) is 115 Å². The largest absolute Gasteiger partial charge is 0.507 e. The molecule has 1 amide bonds. The van der Waals surface area contributed by atoms with Crippen LogP contribution in [0.2, 0.25) is 0 Å². The maximum absolute atomic E-state index is 13.4. The van der Waals surface area contributed by atoms with Gasteiger partial charge in [-0.15, -0.1) is 0 Å². The molecule has 3 aromatic rings. The van der Waals surface area contributed by atoms with Crippen molar-refractivity contribution in [3.8, 4) is 0 Å². The van der Waals surface area contributed by atoms with Gasteiger partial charge in [0, 0.05) is 29.4 Å². The third-order valence-electron chi connectivity index (χ3n) is 5.68. The highest BCUT2D eigenvalue weighted by Gasteiger charge is 2.49. The van der Waals surface area contributed by atoms with Gasteiger partial charge in [0.25, 0.3) is 23.1 Å². The smallest absolute Gasteiger partial charge is 0.416 e. The number of hydrogen-bond acceptors (Lipinski definition) is 7.